The van der Waals surface area contributed by atoms with Gasteiger partial charge in [-0.15, -0.1) is 0 Å². The summed E-state index contributed by atoms with van der Waals surface area (Å²) in [5.74, 6) is 1.71. The molecule has 4 aromatic rings. The predicted octanol–water partition coefficient (Wildman–Crippen LogP) is 5.82. The molecule has 164 valence electrons. The summed E-state index contributed by atoms with van der Waals surface area (Å²) in [6.07, 6.45) is 6.77. The van der Waals surface area contributed by atoms with Crippen molar-refractivity contribution in [3.63, 3.8) is 0 Å². The summed E-state index contributed by atoms with van der Waals surface area (Å²) in [6.45, 7) is 2.00. The fourth-order valence-corrected chi connectivity index (χ4v) is 5.13. The Balaban J connectivity index is 1.30. The van der Waals surface area contributed by atoms with Crippen LogP contribution in [0, 0.1) is 0 Å². The first-order chi connectivity index (χ1) is 16.3. The van der Waals surface area contributed by atoms with Gasteiger partial charge in [-0.3, -0.25) is 10.1 Å². The molecule has 0 spiro atoms. The van der Waals surface area contributed by atoms with Crippen LogP contribution in [0.5, 0.6) is 11.5 Å². The molecule has 1 aromatic heterocycles. The fourth-order valence-electron chi connectivity index (χ4n) is 5.13. The Bertz CT molecular complexity index is 1270. The van der Waals surface area contributed by atoms with Gasteiger partial charge in [-0.25, -0.2) is 0 Å². The minimum atomic E-state index is -0.0420. The number of aromatic amines is 1. The lowest BCUT2D eigenvalue weighted by Gasteiger charge is -2.38. The predicted molar refractivity (Wildman–Crippen MR) is 132 cm³/mol. The van der Waals surface area contributed by atoms with Crippen LogP contribution in [0.2, 0.25) is 0 Å². The van der Waals surface area contributed by atoms with Gasteiger partial charge in [0, 0.05) is 29.3 Å². The van der Waals surface area contributed by atoms with Gasteiger partial charge in [0.2, 0.25) is 0 Å². The molecule has 0 aliphatic carbocycles. The second kappa shape index (κ2) is 8.34. The highest BCUT2D eigenvalue weighted by atomic mass is 16.5. The van der Waals surface area contributed by atoms with E-state index < -0.39 is 0 Å². The zero-order valence-electron chi connectivity index (χ0n) is 18.4. The summed E-state index contributed by atoms with van der Waals surface area (Å²) < 4.78 is 6.07. The molecule has 0 atom stereocenters. The van der Waals surface area contributed by atoms with E-state index in [2.05, 4.69) is 51.9 Å². The summed E-state index contributed by atoms with van der Waals surface area (Å²) in [4.78, 5) is 5.16. The van der Waals surface area contributed by atoms with Crippen LogP contribution in [0.4, 0.5) is 5.69 Å². The van der Waals surface area contributed by atoms with Gasteiger partial charge >= 0.3 is 0 Å². The molecule has 5 heteroatoms. The number of para-hydroxylation sites is 1. The summed E-state index contributed by atoms with van der Waals surface area (Å²) in [5.41, 5.74) is 7.17. The van der Waals surface area contributed by atoms with Gasteiger partial charge < -0.3 is 10.1 Å². The number of nitrogens with zero attached hydrogens (tertiary/aromatic N) is 2. The maximum absolute atomic E-state index is 6.07. The van der Waals surface area contributed by atoms with Crippen LogP contribution in [0.25, 0.3) is 11.1 Å². The minimum absolute atomic E-state index is 0.0420. The maximum Gasteiger partial charge on any atom is 0.127 e. The molecule has 0 radical (unpaired) electrons. The first kappa shape index (κ1) is 19.9. The average Bonchev–Trinajstić information content (AvgIpc) is 3.56. The fraction of sp³-hybridized carbons (Fsp3) is 0.214. The molecular formula is C28H26N4O. The lowest BCUT2D eigenvalue weighted by atomic mass is 9.68. The van der Waals surface area contributed by atoms with Gasteiger partial charge in [0.25, 0.3) is 0 Å². The van der Waals surface area contributed by atoms with Crippen molar-refractivity contribution < 1.29 is 4.74 Å². The highest BCUT2D eigenvalue weighted by Gasteiger charge is 2.40. The quantitative estimate of drug-likeness (QED) is 0.416. The zero-order valence-corrected chi connectivity index (χ0v) is 18.4. The minimum Gasteiger partial charge on any atom is -0.457 e. The number of aliphatic imine (C=N–C) groups is 1. The molecule has 2 aliphatic heterocycles. The van der Waals surface area contributed by atoms with E-state index in [9.17, 15) is 0 Å². The number of aromatic nitrogens is 2. The standard InChI is InChI=1S/C28H26N4O/c1-2-4-24(5-3-1)33-25-10-11-26-21(16-25)17-27(32-26)28(12-14-29-15-13-28)23-8-6-20(7-9-23)22-18-30-31-19-22/h1-11,16,18-19,29H,12-15,17H2,(H,30,31). The van der Waals surface area contributed by atoms with E-state index in [-0.39, 0.29) is 5.41 Å². The summed E-state index contributed by atoms with van der Waals surface area (Å²) in [5, 5.41) is 10.5. The van der Waals surface area contributed by atoms with Crippen molar-refractivity contribution in [2.75, 3.05) is 13.1 Å². The number of fused-ring (bicyclic) bond motifs is 1. The molecule has 5 nitrogen and oxygen atoms in total. The molecule has 3 heterocycles. The van der Waals surface area contributed by atoms with Gasteiger partial charge in [0.1, 0.15) is 11.5 Å². The van der Waals surface area contributed by atoms with E-state index in [0.717, 1.165) is 55.1 Å². The Morgan fingerprint density at radius 3 is 2.39 bits per heavy atom. The lowest BCUT2D eigenvalue weighted by molar-refractivity contribution is 0.394. The van der Waals surface area contributed by atoms with Crippen molar-refractivity contribution >= 4 is 11.4 Å². The molecule has 0 amide bonds. The first-order valence-corrected chi connectivity index (χ1v) is 11.5. The summed E-state index contributed by atoms with van der Waals surface area (Å²) >= 11 is 0. The van der Waals surface area contributed by atoms with E-state index in [4.69, 9.17) is 9.73 Å². The number of ether oxygens (including phenoxy) is 1. The molecule has 0 bridgehead atoms. The molecule has 6 rings (SSSR count). The van der Waals surface area contributed by atoms with Gasteiger partial charge in [-0.05, 0) is 73.0 Å². The van der Waals surface area contributed by atoms with Crippen molar-refractivity contribution in [3.8, 4) is 22.6 Å². The molecule has 2 N–H and O–H groups in total. The third kappa shape index (κ3) is 3.74. The van der Waals surface area contributed by atoms with Gasteiger partial charge in [-0.2, -0.15) is 5.10 Å². The van der Waals surface area contributed by atoms with Crippen molar-refractivity contribution in [1.82, 2.24) is 15.5 Å². The Hall–Kier alpha value is -3.70. The number of benzene rings is 3. The van der Waals surface area contributed by atoms with E-state index in [1.807, 2.05) is 48.8 Å². The summed E-state index contributed by atoms with van der Waals surface area (Å²) in [6, 6.07) is 25.2. The lowest BCUT2D eigenvalue weighted by Crippen LogP contribution is -2.45. The summed E-state index contributed by atoms with van der Waals surface area (Å²) in [7, 11) is 0. The Morgan fingerprint density at radius 2 is 1.64 bits per heavy atom. The molecule has 3 aromatic carbocycles. The van der Waals surface area contributed by atoms with Gasteiger partial charge in [0.15, 0.2) is 0 Å². The smallest absolute Gasteiger partial charge is 0.127 e. The monoisotopic (exact) mass is 434 g/mol. The largest absolute Gasteiger partial charge is 0.457 e. The van der Waals surface area contributed by atoms with Crippen molar-refractivity contribution in [3.05, 3.63) is 96.3 Å². The van der Waals surface area contributed by atoms with Crippen LogP contribution < -0.4 is 10.1 Å². The Morgan fingerprint density at radius 1 is 0.818 bits per heavy atom. The second-order valence-electron chi connectivity index (χ2n) is 8.84. The molecule has 0 unspecified atom stereocenters. The normalized spacial score (nSPS) is 16.8. The van der Waals surface area contributed by atoms with Crippen LogP contribution in [0.1, 0.15) is 24.0 Å². The van der Waals surface area contributed by atoms with Crippen molar-refractivity contribution in [1.29, 1.82) is 0 Å². The average molecular weight is 435 g/mol. The number of rotatable bonds is 5. The van der Waals surface area contributed by atoms with Gasteiger partial charge in [-0.1, -0.05) is 42.5 Å². The second-order valence-corrected chi connectivity index (χ2v) is 8.84. The van der Waals surface area contributed by atoms with Crippen LogP contribution in [0.15, 0.2) is 90.2 Å². The van der Waals surface area contributed by atoms with Crippen LogP contribution in [-0.4, -0.2) is 29.0 Å². The Kier molecular flexibility index (Phi) is 5.04. The molecular weight excluding hydrogens is 408 g/mol. The molecule has 2 aliphatic rings. The van der Waals surface area contributed by atoms with E-state index in [0.29, 0.717) is 0 Å². The van der Waals surface area contributed by atoms with E-state index in [1.165, 1.54) is 22.4 Å². The number of H-pyrrole nitrogens is 1. The number of hydrogen-bond acceptors (Lipinski definition) is 4. The molecule has 1 fully saturated rings. The third-order valence-electron chi connectivity index (χ3n) is 6.92. The highest BCUT2D eigenvalue weighted by Crippen LogP contribution is 2.42. The molecule has 33 heavy (non-hydrogen) atoms. The van der Waals surface area contributed by atoms with E-state index in [1.54, 1.807) is 0 Å². The first-order valence-electron chi connectivity index (χ1n) is 11.5. The number of nitrogens with one attached hydrogen (secondary N) is 2. The molecule has 1 saturated heterocycles. The van der Waals surface area contributed by atoms with Crippen LogP contribution in [-0.2, 0) is 11.8 Å². The van der Waals surface area contributed by atoms with Crippen molar-refractivity contribution in [2.45, 2.75) is 24.7 Å². The zero-order chi connectivity index (χ0) is 22.1. The molecule has 0 saturated carbocycles. The van der Waals surface area contributed by atoms with E-state index >= 15 is 0 Å². The number of hydrogen-bond donors (Lipinski definition) is 2. The maximum atomic E-state index is 6.07. The Labute approximate surface area is 193 Å². The van der Waals surface area contributed by atoms with Gasteiger partial charge in [0.05, 0.1) is 11.9 Å². The van der Waals surface area contributed by atoms with Crippen molar-refractivity contribution in [2.24, 2.45) is 4.99 Å². The SMILES string of the molecule is c1ccc(Oc2ccc3c(c2)CC(C2(c4ccc(-c5cn[nH]c5)cc4)CCNCC2)=N3)cc1. The topological polar surface area (TPSA) is 62.3 Å². The third-order valence-corrected chi connectivity index (χ3v) is 6.92. The van der Waals surface area contributed by atoms with Crippen LogP contribution >= 0.6 is 0 Å². The number of piperidine rings is 1. The van der Waals surface area contributed by atoms with Crippen LogP contribution in [0.3, 0.4) is 0 Å². The highest BCUT2D eigenvalue weighted by molar-refractivity contribution is 6.02.